The Hall–Kier alpha value is -0.290. The van der Waals surface area contributed by atoms with Gasteiger partial charge in [0, 0.05) is 0 Å². The molecule has 0 amide bonds. The minimum atomic E-state index is -4.52. The minimum absolute atomic E-state index is 0.0131. The number of hydrogen-bond acceptors (Lipinski definition) is 2. The summed E-state index contributed by atoms with van der Waals surface area (Å²) in [7, 11) is 0. The SMILES string of the molecule is C[C@@H](CC[C@@H](O)C1CCCCC1)[C@@H]1CC[C@H]2[C@@H]3CC[C@H]4C[C@](O)(C(F)(F)F)CC[C@]4(C)[C@H]3CC[C@@]21C. The smallest absolute Gasteiger partial charge is 0.393 e. The largest absolute Gasteiger partial charge is 0.417 e. The van der Waals surface area contributed by atoms with Gasteiger partial charge in [0.25, 0.3) is 0 Å². The predicted molar refractivity (Wildman–Crippen MR) is 137 cm³/mol. The minimum Gasteiger partial charge on any atom is -0.393 e. The Morgan fingerprint density at radius 3 is 2.19 bits per heavy atom. The van der Waals surface area contributed by atoms with Gasteiger partial charge < -0.3 is 10.2 Å². The van der Waals surface area contributed by atoms with Crippen LogP contribution in [0.3, 0.4) is 0 Å². The highest BCUT2D eigenvalue weighted by atomic mass is 19.4. The molecule has 2 N–H and O–H groups in total. The molecule has 0 spiro atoms. The van der Waals surface area contributed by atoms with Crippen LogP contribution in [-0.4, -0.2) is 28.1 Å². The maximum atomic E-state index is 13.6. The van der Waals surface area contributed by atoms with Crippen molar-refractivity contribution in [3.05, 3.63) is 0 Å². The van der Waals surface area contributed by atoms with Crippen LogP contribution in [0.4, 0.5) is 13.2 Å². The van der Waals surface area contributed by atoms with Crippen molar-refractivity contribution in [1.82, 2.24) is 0 Å². The third-order valence-corrected chi connectivity index (χ3v) is 13.1. The summed E-state index contributed by atoms with van der Waals surface area (Å²) in [6.45, 7) is 7.24. The van der Waals surface area contributed by atoms with Crippen LogP contribution in [0.2, 0.25) is 0 Å². The summed E-state index contributed by atoms with van der Waals surface area (Å²) in [5.41, 5.74) is -2.21. The van der Waals surface area contributed by atoms with E-state index >= 15 is 0 Å². The first-order valence-electron chi connectivity index (χ1n) is 15.4. The van der Waals surface area contributed by atoms with E-state index in [-0.39, 0.29) is 30.3 Å². The van der Waals surface area contributed by atoms with Gasteiger partial charge in [-0.05, 0) is 136 Å². The van der Waals surface area contributed by atoms with E-state index in [1.807, 2.05) is 0 Å². The van der Waals surface area contributed by atoms with Crippen LogP contribution in [-0.2, 0) is 0 Å². The van der Waals surface area contributed by atoms with Crippen molar-refractivity contribution in [1.29, 1.82) is 0 Å². The number of alkyl halides is 3. The van der Waals surface area contributed by atoms with Gasteiger partial charge in [-0.3, -0.25) is 0 Å². The van der Waals surface area contributed by atoms with Crippen LogP contribution >= 0.6 is 0 Å². The first kappa shape index (κ1) is 27.3. The topological polar surface area (TPSA) is 40.5 Å². The fraction of sp³-hybridized carbons (Fsp3) is 1.00. The molecule has 5 rings (SSSR count). The highest BCUT2D eigenvalue weighted by Crippen LogP contribution is 2.69. The van der Waals surface area contributed by atoms with Crippen molar-refractivity contribution in [2.75, 3.05) is 0 Å². The Bertz CT molecular complexity index is 778. The van der Waals surface area contributed by atoms with E-state index in [1.165, 1.54) is 51.4 Å². The molecule has 208 valence electrons. The molecule has 0 aromatic heterocycles. The second-order valence-corrected chi connectivity index (χ2v) is 14.6. The molecule has 10 atom stereocenters. The van der Waals surface area contributed by atoms with Gasteiger partial charge in [-0.15, -0.1) is 0 Å². The molecule has 5 saturated carbocycles. The van der Waals surface area contributed by atoms with E-state index < -0.39 is 11.8 Å². The van der Waals surface area contributed by atoms with Gasteiger partial charge in [-0.1, -0.05) is 40.0 Å². The first-order valence-corrected chi connectivity index (χ1v) is 15.4. The molecule has 0 aromatic carbocycles. The summed E-state index contributed by atoms with van der Waals surface area (Å²) in [6.07, 6.45) is 10.7. The lowest BCUT2D eigenvalue weighted by molar-refractivity contribution is -0.290. The number of fused-ring (bicyclic) bond motifs is 5. The van der Waals surface area contributed by atoms with Crippen molar-refractivity contribution in [2.24, 2.45) is 52.3 Å². The number of halogens is 3. The van der Waals surface area contributed by atoms with Gasteiger partial charge in [0.15, 0.2) is 5.60 Å². The quantitative estimate of drug-likeness (QED) is 0.389. The second-order valence-electron chi connectivity index (χ2n) is 14.6. The molecule has 0 aliphatic heterocycles. The molecule has 0 bridgehead atoms. The summed E-state index contributed by atoms with van der Waals surface area (Å²) in [4.78, 5) is 0. The molecule has 36 heavy (non-hydrogen) atoms. The molecule has 0 aromatic rings. The Morgan fingerprint density at radius 1 is 0.806 bits per heavy atom. The van der Waals surface area contributed by atoms with E-state index in [2.05, 4.69) is 20.8 Å². The second kappa shape index (κ2) is 9.72. The van der Waals surface area contributed by atoms with Crippen LogP contribution < -0.4 is 0 Å². The van der Waals surface area contributed by atoms with Crippen molar-refractivity contribution >= 4 is 0 Å². The summed E-state index contributed by atoms with van der Waals surface area (Å²) in [5.74, 6) is 3.65. The van der Waals surface area contributed by atoms with Crippen LogP contribution in [0, 0.1) is 52.3 Å². The van der Waals surface area contributed by atoms with Crippen LogP contribution in [0.1, 0.15) is 124 Å². The average molecular weight is 513 g/mol. The summed E-state index contributed by atoms with van der Waals surface area (Å²) in [5, 5.41) is 21.3. The molecule has 0 unspecified atom stereocenters. The predicted octanol–water partition coefficient (Wildman–Crippen LogP) is 8.30. The van der Waals surface area contributed by atoms with E-state index in [0.717, 1.165) is 32.1 Å². The summed E-state index contributed by atoms with van der Waals surface area (Å²) >= 11 is 0. The first-order chi connectivity index (χ1) is 16.9. The van der Waals surface area contributed by atoms with Crippen LogP contribution in [0.15, 0.2) is 0 Å². The molecule has 5 aliphatic carbocycles. The maximum absolute atomic E-state index is 13.6. The molecule has 5 aliphatic rings. The molecule has 5 fully saturated rings. The van der Waals surface area contributed by atoms with Crippen molar-refractivity contribution < 1.29 is 23.4 Å². The van der Waals surface area contributed by atoms with Crippen LogP contribution in [0.5, 0.6) is 0 Å². The lowest BCUT2D eigenvalue weighted by atomic mass is 9.43. The molecule has 5 heteroatoms. The highest BCUT2D eigenvalue weighted by Gasteiger charge is 2.65. The van der Waals surface area contributed by atoms with E-state index in [0.29, 0.717) is 47.3 Å². The van der Waals surface area contributed by atoms with Gasteiger partial charge in [-0.2, -0.15) is 13.2 Å². The molecule has 0 saturated heterocycles. The number of aliphatic hydroxyl groups excluding tert-OH is 1. The summed E-state index contributed by atoms with van der Waals surface area (Å²) < 4.78 is 40.9. The number of hydrogen-bond donors (Lipinski definition) is 2. The average Bonchev–Trinajstić information content (AvgIpc) is 3.20. The van der Waals surface area contributed by atoms with Gasteiger partial charge in [0.2, 0.25) is 0 Å². The zero-order chi connectivity index (χ0) is 25.9. The standard InChI is InChI=1S/C31H51F3O2/c1-20(9-14-27(35)21-7-5-4-6-8-21)24-12-13-25-23-11-10-22-19-30(36,31(32,33)34)18-17-28(22,2)26(23)15-16-29(24,25)3/h20-27,35-36H,4-19H2,1-3H3/t20-,22-,23-,24-,25-,26-,27+,28-,29+,30-/m0/s1. The zero-order valence-electron chi connectivity index (χ0n) is 23.0. The highest BCUT2D eigenvalue weighted by molar-refractivity contribution is 5.11. The Morgan fingerprint density at radius 2 is 1.50 bits per heavy atom. The van der Waals surface area contributed by atoms with Crippen LogP contribution in [0.25, 0.3) is 0 Å². The lowest BCUT2D eigenvalue weighted by Crippen LogP contribution is -2.59. The van der Waals surface area contributed by atoms with Crippen molar-refractivity contribution in [3.63, 3.8) is 0 Å². The fourth-order valence-corrected chi connectivity index (χ4v) is 10.9. The molecule has 0 radical (unpaired) electrons. The Kier molecular flexibility index (Phi) is 7.36. The summed E-state index contributed by atoms with van der Waals surface area (Å²) in [6, 6.07) is 0. The molecular weight excluding hydrogens is 461 g/mol. The van der Waals surface area contributed by atoms with E-state index in [4.69, 9.17) is 0 Å². The third kappa shape index (κ3) is 4.48. The van der Waals surface area contributed by atoms with Crippen molar-refractivity contribution in [2.45, 2.75) is 141 Å². The van der Waals surface area contributed by atoms with Gasteiger partial charge >= 0.3 is 6.18 Å². The van der Waals surface area contributed by atoms with Gasteiger partial charge in [-0.25, -0.2) is 0 Å². The lowest BCUT2D eigenvalue weighted by Gasteiger charge is -2.62. The monoisotopic (exact) mass is 512 g/mol. The van der Waals surface area contributed by atoms with E-state index in [1.54, 1.807) is 0 Å². The fourth-order valence-electron chi connectivity index (χ4n) is 10.9. The zero-order valence-corrected chi connectivity index (χ0v) is 23.0. The number of rotatable bonds is 5. The maximum Gasteiger partial charge on any atom is 0.417 e. The van der Waals surface area contributed by atoms with E-state index in [9.17, 15) is 23.4 Å². The molecular formula is C31H51F3O2. The van der Waals surface area contributed by atoms with Gasteiger partial charge in [0.05, 0.1) is 6.10 Å². The van der Waals surface area contributed by atoms with Crippen molar-refractivity contribution in [3.8, 4) is 0 Å². The third-order valence-electron chi connectivity index (χ3n) is 13.1. The Labute approximate surface area is 217 Å². The molecule has 0 heterocycles. The Balaban J connectivity index is 1.23. The van der Waals surface area contributed by atoms with Gasteiger partial charge in [0.1, 0.15) is 0 Å². The molecule has 2 nitrogen and oxygen atoms in total. The normalized spacial score (nSPS) is 47.5. The number of aliphatic hydroxyl groups is 2.